The molecule has 0 atom stereocenters. The van der Waals surface area contributed by atoms with Crippen LogP contribution in [0.2, 0.25) is 0 Å². The Morgan fingerprint density at radius 2 is 0.596 bits per heavy atom. The number of hydrogen-bond donors (Lipinski definition) is 4. The smallest absolute Gasteiger partial charge is 0.282 e. The van der Waals surface area contributed by atoms with Crippen molar-refractivity contribution in [2.45, 2.75) is 32.4 Å². The molecule has 0 spiro atoms. The van der Waals surface area contributed by atoms with Gasteiger partial charge in [0.2, 0.25) is 0 Å². The first-order chi connectivity index (χ1) is 23.9. The van der Waals surface area contributed by atoms with Crippen molar-refractivity contribution in [3.8, 4) is 0 Å². The van der Waals surface area contributed by atoms with Gasteiger partial charge in [-0.25, -0.2) is 0 Å². The molecule has 2 aliphatic rings. The second-order valence-electron chi connectivity index (χ2n) is 9.93. The molecule has 0 aliphatic heterocycles. The van der Waals surface area contributed by atoms with Gasteiger partial charge in [-0.2, -0.15) is 33.7 Å². The molecule has 0 unspecified atom stereocenters. The minimum Gasteiger partial charge on any atom is -0.282 e. The molecule has 0 radical (unpaired) electrons. The Hall–Kier alpha value is -3.35. The fourth-order valence-corrected chi connectivity index (χ4v) is 8.64. The number of hydrogen-bond acceptors (Lipinski definition) is 8. The second kappa shape index (κ2) is 22.7. The van der Waals surface area contributed by atoms with Gasteiger partial charge in [-0.1, -0.05) is 72.8 Å². The fourth-order valence-electron chi connectivity index (χ4n) is 3.66. The van der Waals surface area contributed by atoms with E-state index in [9.17, 15) is 33.7 Å². The summed E-state index contributed by atoms with van der Waals surface area (Å²) in [6.45, 7) is 0. The second-order valence-corrected chi connectivity index (χ2v) is 19.4. The van der Waals surface area contributed by atoms with Crippen LogP contribution in [0.15, 0.2) is 184 Å². The largest absolute Gasteiger partial charge is 0.294 e. The van der Waals surface area contributed by atoms with Crippen LogP contribution in [0.3, 0.4) is 0 Å². The van der Waals surface area contributed by atoms with Gasteiger partial charge < -0.3 is 0 Å². The molecule has 0 saturated carbocycles. The predicted octanol–water partition coefficient (Wildman–Crippen LogP) is 6.91. The van der Waals surface area contributed by atoms with E-state index in [0.29, 0.717) is 0 Å². The molecule has 4 aromatic carbocycles. The number of allylic oxidation sites excluding steroid dienone is 8. The van der Waals surface area contributed by atoms with Gasteiger partial charge in [-0.15, -0.1) is 12.4 Å². The fraction of sp³-hybridized carbons (Fsp3) is 0.0588. The van der Waals surface area contributed by atoms with Crippen molar-refractivity contribution in [2.24, 2.45) is 0 Å². The average Bonchev–Trinajstić information content (AvgIpc) is 3.82. The first-order valence-electron chi connectivity index (χ1n) is 14.5. The summed E-state index contributed by atoms with van der Waals surface area (Å²) in [4.78, 5) is -0.296. The van der Waals surface area contributed by atoms with E-state index in [2.05, 4.69) is 36.5 Å². The zero-order chi connectivity index (χ0) is 38.0. The van der Waals surface area contributed by atoms with Gasteiger partial charge in [-0.05, 0) is 48.5 Å². The van der Waals surface area contributed by atoms with Crippen LogP contribution in [0.4, 0.5) is 0 Å². The quantitative estimate of drug-likeness (QED) is 0.145. The van der Waals surface area contributed by atoms with Crippen LogP contribution < -0.4 is 0 Å². The summed E-state index contributed by atoms with van der Waals surface area (Å²) in [6, 6.07) is 29.7. The third kappa shape index (κ3) is 19.5. The van der Waals surface area contributed by atoms with E-state index < -0.39 is 40.5 Å². The molecule has 12 nitrogen and oxygen atoms in total. The molecule has 0 saturated heterocycles. The maximum Gasteiger partial charge on any atom is 0.294 e. The number of rotatable bonds is 6. The molecule has 18 heteroatoms. The zero-order valence-corrected chi connectivity index (χ0v) is 33.6. The van der Waals surface area contributed by atoms with Gasteiger partial charge in [0.25, 0.3) is 40.5 Å². The van der Waals surface area contributed by atoms with E-state index in [1.54, 1.807) is 79.4 Å². The molecule has 6 rings (SSSR count). The van der Waals surface area contributed by atoms with Gasteiger partial charge in [-0.3, -0.25) is 18.2 Å². The Balaban J connectivity index is 0.000000324. The van der Waals surface area contributed by atoms with Crippen molar-refractivity contribution >= 4 is 52.9 Å². The molecule has 2 aliphatic carbocycles. The summed E-state index contributed by atoms with van der Waals surface area (Å²) in [5.74, 6) is 0. The van der Waals surface area contributed by atoms with E-state index in [-0.39, 0.29) is 55.2 Å². The summed E-state index contributed by atoms with van der Waals surface area (Å²) in [7, 11) is -16.0. The summed E-state index contributed by atoms with van der Waals surface area (Å²) in [5.41, 5.74) is 0. The molecule has 0 amide bonds. The van der Waals surface area contributed by atoms with E-state index >= 15 is 0 Å². The molecule has 4 aromatic rings. The van der Waals surface area contributed by atoms with Crippen LogP contribution >= 0.6 is 12.4 Å². The molecule has 0 aromatic heterocycles. The molecule has 0 heterocycles. The standard InChI is InChI=1S/4C6H6O3S.2C5H5.ClH.Zr/c4*7-10(8,9)6-4-2-1-3-5-6;2*1-2-4-5-3-1;;/h4*1-5H,(H,7,8,9);2*1-3H,4H2;1H;. The van der Waals surface area contributed by atoms with E-state index in [1.165, 1.54) is 61.4 Å². The first kappa shape index (κ1) is 46.7. The Morgan fingerprint density at radius 1 is 0.385 bits per heavy atom. The molecule has 4 N–H and O–H groups in total. The van der Waals surface area contributed by atoms with E-state index in [0.717, 1.165) is 0 Å². The molecule has 278 valence electrons. The van der Waals surface area contributed by atoms with Crippen molar-refractivity contribution < 1.29 is 75.1 Å². The monoisotopic (exact) mass is 888 g/mol. The average molecular weight is 891 g/mol. The van der Waals surface area contributed by atoms with Crippen molar-refractivity contribution in [1.29, 1.82) is 0 Å². The van der Waals surface area contributed by atoms with Crippen molar-refractivity contribution in [1.82, 2.24) is 0 Å². The first-order valence-corrected chi connectivity index (χ1v) is 22.7. The summed E-state index contributed by atoms with van der Waals surface area (Å²) in [6.07, 6.45) is 16.0. The minimum atomic E-state index is -4.00. The maximum atomic E-state index is 10.4. The van der Waals surface area contributed by atoms with Crippen LogP contribution in [-0.2, 0) is 63.7 Å². The molecular formula is C34H35ClO12S4Zr. The normalized spacial score (nSPS) is 13.0. The summed E-state index contributed by atoms with van der Waals surface area (Å²) < 4.78 is 120. The zero-order valence-electron chi connectivity index (χ0n) is 27.0. The van der Waals surface area contributed by atoms with Crippen LogP contribution in [0.5, 0.6) is 0 Å². The van der Waals surface area contributed by atoms with E-state index in [1.807, 2.05) is 0 Å². The topological polar surface area (TPSA) is 217 Å². The SMILES string of the molecule is C1=CC[C]([Zr][C]2=CC=CC2)=C1.Cl.O=S(=O)(O)c1ccccc1.O=S(=O)(O)c1ccccc1.O=S(=O)(O)c1ccccc1.O=S(=O)(O)c1ccccc1. The van der Waals surface area contributed by atoms with Crippen molar-refractivity contribution in [3.05, 3.63) is 164 Å². The Morgan fingerprint density at radius 3 is 0.731 bits per heavy atom. The van der Waals surface area contributed by atoms with Crippen LogP contribution in [0.25, 0.3) is 0 Å². The summed E-state index contributed by atoms with van der Waals surface area (Å²) >= 11 is -0.312. The molecule has 0 bridgehead atoms. The Bertz CT molecular complexity index is 1950. The minimum absolute atomic E-state index is 0. The van der Waals surface area contributed by atoms with E-state index in [4.69, 9.17) is 18.2 Å². The Kier molecular flexibility index (Phi) is 20.3. The predicted molar refractivity (Wildman–Crippen MR) is 196 cm³/mol. The Labute approximate surface area is 322 Å². The van der Waals surface area contributed by atoms with Gasteiger partial charge in [0.15, 0.2) is 0 Å². The number of halogens is 1. The van der Waals surface area contributed by atoms with Crippen LogP contribution in [0, 0.1) is 0 Å². The van der Waals surface area contributed by atoms with Gasteiger partial charge in [0.1, 0.15) is 0 Å². The molecule has 52 heavy (non-hydrogen) atoms. The molecular weight excluding hydrogens is 855 g/mol. The third-order valence-corrected chi connectivity index (χ3v) is 12.9. The summed E-state index contributed by atoms with van der Waals surface area (Å²) in [5, 5.41) is 0. The van der Waals surface area contributed by atoms with Crippen molar-refractivity contribution in [3.63, 3.8) is 0 Å². The van der Waals surface area contributed by atoms with Crippen LogP contribution in [-0.4, -0.2) is 51.9 Å². The molecule has 0 fully saturated rings. The van der Waals surface area contributed by atoms with Crippen molar-refractivity contribution in [2.75, 3.05) is 0 Å². The van der Waals surface area contributed by atoms with Gasteiger partial charge in [0, 0.05) is 0 Å². The van der Waals surface area contributed by atoms with Gasteiger partial charge in [0.05, 0.1) is 19.6 Å². The van der Waals surface area contributed by atoms with Gasteiger partial charge >= 0.3 is 79.1 Å². The number of benzene rings is 4. The third-order valence-electron chi connectivity index (χ3n) is 6.03. The van der Waals surface area contributed by atoms with Crippen LogP contribution in [0.1, 0.15) is 12.8 Å². The maximum absolute atomic E-state index is 10.4.